The lowest BCUT2D eigenvalue weighted by Crippen LogP contribution is -2.42. The van der Waals surface area contributed by atoms with Gasteiger partial charge in [0.2, 0.25) is 0 Å². The van der Waals surface area contributed by atoms with Gasteiger partial charge < -0.3 is 15.0 Å². The molecule has 102 valence electrons. The number of rotatable bonds is 8. The minimum absolute atomic E-state index is 0.561. The highest BCUT2D eigenvalue weighted by Crippen LogP contribution is 2.16. The normalized spacial score (nSPS) is 26.6. The molecule has 0 saturated carbocycles. The van der Waals surface area contributed by atoms with Crippen molar-refractivity contribution in [2.24, 2.45) is 11.8 Å². The Morgan fingerprint density at radius 2 is 2.06 bits per heavy atom. The third-order valence-electron chi connectivity index (χ3n) is 3.87. The molecule has 1 rings (SSSR count). The standard InChI is InChI=1S/C14H30N2O/c1-5-12(4)8-16(7-3)9-13-10-17-11-14(13)15-6-2/h12-15H,5-11H2,1-4H3. The fourth-order valence-electron chi connectivity index (χ4n) is 2.50. The van der Waals surface area contributed by atoms with Gasteiger partial charge in [-0.15, -0.1) is 0 Å². The van der Waals surface area contributed by atoms with Crippen LogP contribution in [0.1, 0.15) is 34.1 Å². The van der Waals surface area contributed by atoms with Crippen molar-refractivity contribution in [1.29, 1.82) is 0 Å². The smallest absolute Gasteiger partial charge is 0.0623 e. The SMILES string of the molecule is CCNC1COCC1CN(CC)CC(C)CC. The van der Waals surface area contributed by atoms with Crippen molar-refractivity contribution >= 4 is 0 Å². The summed E-state index contributed by atoms with van der Waals surface area (Å²) in [7, 11) is 0. The summed E-state index contributed by atoms with van der Waals surface area (Å²) < 4.78 is 5.61. The first kappa shape index (κ1) is 14.9. The second kappa shape index (κ2) is 8.06. The number of ether oxygens (including phenoxy) is 1. The van der Waals surface area contributed by atoms with Crippen LogP contribution < -0.4 is 5.32 Å². The van der Waals surface area contributed by atoms with Crippen molar-refractivity contribution in [1.82, 2.24) is 10.2 Å². The quantitative estimate of drug-likeness (QED) is 0.704. The lowest BCUT2D eigenvalue weighted by Gasteiger charge is -2.28. The molecule has 3 nitrogen and oxygen atoms in total. The number of nitrogens with zero attached hydrogens (tertiary/aromatic N) is 1. The van der Waals surface area contributed by atoms with Crippen molar-refractivity contribution < 1.29 is 4.74 Å². The zero-order chi connectivity index (χ0) is 12.7. The largest absolute Gasteiger partial charge is 0.379 e. The lowest BCUT2D eigenvalue weighted by atomic mass is 10.0. The van der Waals surface area contributed by atoms with Gasteiger partial charge in [-0.1, -0.05) is 34.1 Å². The van der Waals surface area contributed by atoms with Gasteiger partial charge in [-0.3, -0.25) is 0 Å². The van der Waals surface area contributed by atoms with Crippen LogP contribution in [0.2, 0.25) is 0 Å². The van der Waals surface area contributed by atoms with Gasteiger partial charge in [-0.25, -0.2) is 0 Å². The molecule has 3 unspecified atom stereocenters. The minimum atomic E-state index is 0.561. The van der Waals surface area contributed by atoms with Gasteiger partial charge in [0, 0.05) is 25.0 Å². The fraction of sp³-hybridized carbons (Fsp3) is 1.00. The van der Waals surface area contributed by atoms with E-state index in [-0.39, 0.29) is 0 Å². The van der Waals surface area contributed by atoms with E-state index in [4.69, 9.17) is 4.74 Å². The average molecular weight is 242 g/mol. The van der Waals surface area contributed by atoms with Gasteiger partial charge in [-0.2, -0.15) is 0 Å². The van der Waals surface area contributed by atoms with Crippen molar-refractivity contribution in [3.8, 4) is 0 Å². The first-order chi connectivity index (χ1) is 8.21. The molecule has 3 atom stereocenters. The summed E-state index contributed by atoms with van der Waals surface area (Å²) in [4.78, 5) is 2.58. The van der Waals surface area contributed by atoms with Gasteiger partial charge in [0.05, 0.1) is 13.2 Å². The van der Waals surface area contributed by atoms with E-state index in [2.05, 4.69) is 37.9 Å². The maximum atomic E-state index is 5.61. The molecule has 0 aromatic rings. The van der Waals surface area contributed by atoms with Gasteiger partial charge in [0.25, 0.3) is 0 Å². The van der Waals surface area contributed by atoms with E-state index in [1.807, 2.05) is 0 Å². The van der Waals surface area contributed by atoms with E-state index in [0.29, 0.717) is 12.0 Å². The third kappa shape index (κ3) is 4.94. The maximum absolute atomic E-state index is 5.61. The number of nitrogens with one attached hydrogen (secondary N) is 1. The van der Waals surface area contributed by atoms with Crippen molar-refractivity contribution in [3.63, 3.8) is 0 Å². The highest BCUT2D eigenvalue weighted by atomic mass is 16.5. The van der Waals surface area contributed by atoms with E-state index in [0.717, 1.165) is 32.2 Å². The first-order valence-electron chi connectivity index (χ1n) is 7.24. The zero-order valence-corrected chi connectivity index (χ0v) is 12.0. The fourth-order valence-corrected chi connectivity index (χ4v) is 2.50. The Labute approximate surface area is 107 Å². The van der Waals surface area contributed by atoms with E-state index in [1.54, 1.807) is 0 Å². The van der Waals surface area contributed by atoms with Crippen LogP contribution in [0.4, 0.5) is 0 Å². The van der Waals surface area contributed by atoms with Crippen LogP contribution in [0.5, 0.6) is 0 Å². The average Bonchev–Trinajstić information content (AvgIpc) is 2.76. The minimum Gasteiger partial charge on any atom is -0.379 e. The Bertz CT molecular complexity index is 199. The number of hydrogen-bond acceptors (Lipinski definition) is 3. The van der Waals surface area contributed by atoms with E-state index in [9.17, 15) is 0 Å². The molecule has 0 radical (unpaired) electrons. The molecule has 0 aliphatic carbocycles. The molecule has 0 aromatic carbocycles. The van der Waals surface area contributed by atoms with E-state index >= 15 is 0 Å². The van der Waals surface area contributed by atoms with Crippen LogP contribution in [0.25, 0.3) is 0 Å². The highest BCUT2D eigenvalue weighted by molar-refractivity contribution is 4.83. The molecular weight excluding hydrogens is 212 g/mol. The van der Waals surface area contributed by atoms with Gasteiger partial charge in [-0.05, 0) is 19.0 Å². The Morgan fingerprint density at radius 3 is 2.65 bits per heavy atom. The Morgan fingerprint density at radius 1 is 1.29 bits per heavy atom. The Balaban J connectivity index is 2.38. The Kier molecular flexibility index (Phi) is 7.09. The highest BCUT2D eigenvalue weighted by Gasteiger charge is 2.28. The van der Waals surface area contributed by atoms with E-state index < -0.39 is 0 Å². The maximum Gasteiger partial charge on any atom is 0.0623 e. The summed E-state index contributed by atoms with van der Waals surface area (Å²) in [6.07, 6.45) is 1.27. The summed E-state index contributed by atoms with van der Waals surface area (Å²) in [6, 6.07) is 0.561. The predicted molar refractivity (Wildman–Crippen MR) is 73.3 cm³/mol. The number of hydrogen-bond donors (Lipinski definition) is 1. The monoisotopic (exact) mass is 242 g/mol. The molecule has 0 bridgehead atoms. The van der Waals surface area contributed by atoms with E-state index in [1.165, 1.54) is 19.5 Å². The predicted octanol–water partition coefficient (Wildman–Crippen LogP) is 1.98. The van der Waals surface area contributed by atoms with Crippen LogP contribution in [0.3, 0.4) is 0 Å². The van der Waals surface area contributed by atoms with Crippen LogP contribution >= 0.6 is 0 Å². The second-order valence-corrected chi connectivity index (χ2v) is 5.33. The molecule has 1 fully saturated rings. The second-order valence-electron chi connectivity index (χ2n) is 5.33. The third-order valence-corrected chi connectivity index (χ3v) is 3.87. The molecule has 1 N–H and O–H groups in total. The molecule has 1 aliphatic heterocycles. The molecule has 1 heterocycles. The molecule has 0 spiro atoms. The summed E-state index contributed by atoms with van der Waals surface area (Å²) >= 11 is 0. The molecule has 0 aromatic heterocycles. The molecular formula is C14H30N2O. The van der Waals surface area contributed by atoms with Crippen LogP contribution in [0, 0.1) is 11.8 Å². The van der Waals surface area contributed by atoms with Crippen molar-refractivity contribution in [2.45, 2.75) is 40.2 Å². The zero-order valence-electron chi connectivity index (χ0n) is 12.0. The van der Waals surface area contributed by atoms with Crippen LogP contribution in [-0.4, -0.2) is 50.3 Å². The lowest BCUT2D eigenvalue weighted by molar-refractivity contribution is 0.162. The molecule has 1 aliphatic rings. The number of likely N-dealkylation sites (N-methyl/N-ethyl adjacent to an activating group) is 1. The molecule has 3 heteroatoms. The van der Waals surface area contributed by atoms with Crippen molar-refractivity contribution in [3.05, 3.63) is 0 Å². The van der Waals surface area contributed by atoms with Gasteiger partial charge in [0.15, 0.2) is 0 Å². The molecule has 1 saturated heterocycles. The molecule has 0 amide bonds. The first-order valence-corrected chi connectivity index (χ1v) is 7.24. The topological polar surface area (TPSA) is 24.5 Å². The summed E-state index contributed by atoms with van der Waals surface area (Å²) in [6.45, 7) is 15.5. The van der Waals surface area contributed by atoms with Gasteiger partial charge in [0.1, 0.15) is 0 Å². The van der Waals surface area contributed by atoms with Gasteiger partial charge >= 0.3 is 0 Å². The summed E-state index contributed by atoms with van der Waals surface area (Å²) in [5.41, 5.74) is 0. The van der Waals surface area contributed by atoms with Crippen LogP contribution in [0.15, 0.2) is 0 Å². The summed E-state index contributed by atoms with van der Waals surface area (Å²) in [5, 5.41) is 3.54. The van der Waals surface area contributed by atoms with Crippen LogP contribution in [-0.2, 0) is 4.74 Å². The van der Waals surface area contributed by atoms with Crippen molar-refractivity contribution in [2.75, 3.05) is 39.4 Å². The molecule has 17 heavy (non-hydrogen) atoms. The Hall–Kier alpha value is -0.120. The summed E-state index contributed by atoms with van der Waals surface area (Å²) in [5.74, 6) is 1.47.